The Hall–Kier alpha value is -3.25. The molecule has 2 aromatic rings. The first-order valence-electron chi connectivity index (χ1n) is 7.13. The molecule has 13 heteroatoms. The highest BCUT2D eigenvalue weighted by Gasteiger charge is 2.35. The van der Waals surface area contributed by atoms with Gasteiger partial charge in [0, 0.05) is 6.07 Å². The van der Waals surface area contributed by atoms with Crippen LogP contribution in [0.15, 0.2) is 21.1 Å². The highest BCUT2D eigenvalue weighted by Crippen LogP contribution is 2.30. The fourth-order valence-electron chi connectivity index (χ4n) is 1.64. The summed E-state index contributed by atoms with van der Waals surface area (Å²) in [6.45, 7) is 3.61. The number of halogens is 3. The van der Waals surface area contributed by atoms with Gasteiger partial charge in [-0.3, -0.25) is 9.78 Å². The molecule has 0 spiro atoms. The zero-order valence-corrected chi connectivity index (χ0v) is 13.5. The van der Waals surface area contributed by atoms with E-state index in [1.54, 1.807) is 18.8 Å². The van der Waals surface area contributed by atoms with Gasteiger partial charge < -0.3 is 14.8 Å². The van der Waals surface area contributed by atoms with Gasteiger partial charge in [0.25, 0.3) is 11.5 Å². The summed E-state index contributed by atoms with van der Waals surface area (Å²) in [7, 11) is 0. The molecule has 2 aromatic heterocycles. The number of ether oxygens (including phenoxy) is 1. The van der Waals surface area contributed by atoms with Gasteiger partial charge in [-0.25, -0.2) is 4.79 Å². The van der Waals surface area contributed by atoms with Gasteiger partial charge in [-0.2, -0.15) is 13.2 Å². The van der Waals surface area contributed by atoms with E-state index in [0.717, 1.165) is 6.07 Å². The number of esters is 1. The second kappa shape index (κ2) is 7.33. The Morgan fingerprint density at radius 3 is 2.58 bits per heavy atom. The van der Waals surface area contributed by atoms with Crippen molar-refractivity contribution in [2.24, 2.45) is 16.1 Å². The van der Waals surface area contributed by atoms with E-state index < -0.39 is 46.6 Å². The molecule has 0 saturated heterocycles. The lowest BCUT2D eigenvalue weighted by Gasteiger charge is -2.08. The summed E-state index contributed by atoms with van der Waals surface area (Å²) in [6.07, 6.45) is -4.76. The van der Waals surface area contributed by atoms with Crippen LogP contribution in [0.2, 0.25) is 0 Å². The molecule has 0 aromatic carbocycles. The molecule has 0 amide bonds. The Bertz CT molecular complexity index is 887. The number of carbonyl (C=O) groups is 1. The number of alkyl halides is 3. The normalized spacial score (nSPS) is 12.1. The number of rotatable bonds is 5. The predicted molar refractivity (Wildman–Crippen MR) is 79.4 cm³/mol. The van der Waals surface area contributed by atoms with Gasteiger partial charge in [0.2, 0.25) is 11.7 Å². The van der Waals surface area contributed by atoms with Crippen LogP contribution in [0.25, 0.3) is 0 Å². The number of hydrogen-bond acceptors (Lipinski definition) is 8. The fraction of sp³-hybridized carbons (Fsp3) is 0.385. The number of aromatic amines is 2. The number of carbonyl (C=O) groups excluding carboxylic acids is 1. The average molecular weight is 374 g/mol. The lowest BCUT2D eigenvalue weighted by Crippen LogP contribution is -2.14. The molecule has 3 N–H and O–H groups in total. The third-order valence-electron chi connectivity index (χ3n) is 2.75. The van der Waals surface area contributed by atoms with E-state index in [0.29, 0.717) is 0 Å². The third kappa shape index (κ3) is 4.64. The second-order valence-electron chi connectivity index (χ2n) is 5.43. The summed E-state index contributed by atoms with van der Waals surface area (Å²) in [5, 5.41) is 22.5. The zero-order valence-electron chi connectivity index (χ0n) is 13.5. The second-order valence-corrected chi connectivity index (χ2v) is 5.43. The number of azo groups is 1. The standard InChI is InChI=1S/C13H13F3N6O4/c1-5(2)4-26-10(25)6-3-7(23)17-9(24)8(6)19-21-12-18-11(20-22-12)13(14,15)16/h3,5H,4H2,1-2H3,(H2,17,23,24)(H,18,20,22). The van der Waals surface area contributed by atoms with Crippen LogP contribution in [0.3, 0.4) is 0 Å². The minimum absolute atomic E-state index is 0.00889. The SMILES string of the molecule is CC(C)COC(=O)c1cc(=O)[nH]c(O)c1N=Nc1nnc(C(F)(F)F)[nH]1. The van der Waals surface area contributed by atoms with E-state index >= 15 is 0 Å². The number of aromatic nitrogens is 4. The van der Waals surface area contributed by atoms with E-state index in [4.69, 9.17) is 4.74 Å². The van der Waals surface area contributed by atoms with Crippen molar-refractivity contribution in [3.05, 3.63) is 27.8 Å². The zero-order chi connectivity index (χ0) is 19.5. The number of pyridine rings is 1. The quantitative estimate of drug-likeness (QED) is 0.541. The smallest absolute Gasteiger partial charge is 0.451 e. The van der Waals surface area contributed by atoms with E-state index in [9.17, 15) is 27.9 Å². The lowest BCUT2D eigenvalue weighted by atomic mass is 10.2. The number of nitrogens with zero attached hydrogens (tertiary/aromatic N) is 4. The monoisotopic (exact) mass is 374 g/mol. The number of nitrogens with one attached hydrogen (secondary N) is 2. The summed E-state index contributed by atoms with van der Waals surface area (Å²) >= 11 is 0. The van der Waals surface area contributed by atoms with Crippen LogP contribution < -0.4 is 5.56 Å². The molecule has 0 fully saturated rings. The van der Waals surface area contributed by atoms with Crippen molar-refractivity contribution in [1.29, 1.82) is 0 Å². The maximum absolute atomic E-state index is 12.4. The Balaban J connectivity index is 2.35. The Kier molecular flexibility index (Phi) is 5.38. The van der Waals surface area contributed by atoms with Crippen molar-refractivity contribution in [3.63, 3.8) is 0 Å². The maximum atomic E-state index is 12.4. The largest absolute Gasteiger partial charge is 0.493 e. The molecular weight excluding hydrogens is 361 g/mol. The predicted octanol–water partition coefficient (Wildman–Crippen LogP) is 2.45. The first-order chi connectivity index (χ1) is 12.1. The molecule has 0 aliphatic carbocycles. The molecule has 0 saturated carbocycles. The minimum atomic E-state index is -4.76. The van der Waals surface area contributed by atoms with Gasteiger partial charge in [-0.05, 0) is 5.92 Å². The Morgan fingerprint density at radius 1 is 1.31 bits per heavy atom. The van der Waals surface area contributed by atoms with Crippen LogP contribution in [0.1, 0.15) is 30.0 Å². The molecular formula is C13H13F3N6O4. The van der Waals surface area contributed by atoms with Crippen molar-refractivity contribution >= 4 is 17.6 Å². The highest BCUT2D eigenvalue weighted by molar-refractivity contribution is 5.95. The van der Waals surface area contributed by atoms with Crippen LogP contribution in [-0.4, -0.2) is 37.8 Å². The molecule has 0 atom stereocenters. The maximum Gasteiger partial charge on any atom is 0.451 e. The summed E-state index contributed by atoms with van der Waals surface area (Å²) in [5.41, 5.74) is -1.72. The van der Waals surface area contributed by atoms with Crippen molar-refractivity contribution in [2.75, 3.05) is 6.61 Å². The van der Waals surface area contributed by atoms with Crippen molar-refractivity contribution in [1.82, 2.24) is 20.2 Å². The molecule has 2 heterocycles. The van der Waals surface area contributed by atoms with Gasteiger partial charge in [-0.1, -0.05) is 13.8 Å². The summed E-state index contributed by atoms with van der Waals surface area (Å²) in [6, 6.07) is 0.818. The first-order valence-corrected chi connectivity index (χ1v) is 7.13. The molecule has 26 heavy (non-hydrogen) atoms. The Labute approximate surface area is 143 Å². The first kappa shape index (κ1) is 19.1. The van der Waals surface area contributed by atoms with E-state index in [2.05, 4.69) is 20.4 Å². The van der Waals surface area contributed by atoms with Gasteiger partial charge in [0.1, 0.15) is 0 Å². The average Bonchev–Trinajstić information content (AvgIpc) is 3.00. The van der Waals surface area contributed by atoms with E-state index in [1.807, 2.05) is 4.98 Å². The van der Waals surface area contributed by atoms with Crippen LogP contribution in [0, 0.1) is 5.92 Å². The van der Waals surface area contributed by atoms with Crippen LogP contribution in [0.5, 0.6) is 5.88 Å². The van der Waals surface area contributed by atoms with Gasteiger partial charge in [0.15, 0.2) is 5.69 Å². The molecule has 10 nitrogen and oxygen atoms in total. The van der Waals surface area contributed by atoms with Crippen molar-refractivity contribution in [3.8, 4) is 5.88 Å². The number of hydrogen-bond donors (Lipinski definition) is 3. The van der Waals surface area contributed by atoms with E-state index in [1.165, 1.54) is 0 Å². The molecule has 0 unspecified atom stereocenters. The molecule has 0 aliphatic rings. The van der Waals surface area contributed by atoms with Gasteiger partial charge in [0.05, 0.1) is 12.2 Å². The number of H-pyrrole nitrogens is 2. The van der Waals surface area contributed by atoms with Crippen LogP contribution >= 0.6 is 0 Å². The molecule has 0 radical (unpaired) electrons. The molecule has 140 valence electrons. The molecule has 2 rings (SSSR count). The van der Waals surface area contributed by atoms with Gasteiger partial charge >= 0.3 is 12.1 Å². The molecule has 0 bridgehead atoms. The van der Waals surface area contributed by atoms with Gasteiger partial charge in [-0.15, -0.1) is 20.4 Å². The van der Waals surface area contributed by atoms with Crippen LogP contribution in [0.4, 0.5) is 24.8 Å². The molecule has 0 aliphatic heterocycles. The van der Waals surface area contributed by atoms with Crippen molar-refractivity contribution < 1.29 is 27.8 Å². The summed E-state index contributed by atoms with van der Waals surface area (Å²) in [4.78, 5) is 27.2. The van der Waals surface area contributed by atoms with E-state index in [-0.39, 0.29) is 12.5 Å². The lowest BCUT2D eigenvalue weighted by molar-refractivity contribution is -0.144. The topological polar surface area (TPSA) is 146 Å². The fourth-order valence-corrected chi connectivity index (χ4v) is 1.64. The Morgan fingerprint density at radius 2 is 2.00 bits per heavy atom. The summed E-state index contributed by atoms with van der Waals surface area (Å²) in [5.74, 6) is -3.77. The highest BCUT2D eigenvalue weighted by atomic mass is 19.4. The minimum Gasteiger partial charge on any atom is -0.493 e. The summed E-state index contributed by atoms with van der Waals surface area (Å²) < 4.78 is 42.3. The number of aromatic hydroxyl groups is 1. The van der Waals surface area contributed by atoms with Crippen molar-refractivity contribution in [2.45, 2.75) is 20.0 Å². The third-order valence-corrected chi connectivity index (χ3v) is 2.75. The van der Waals surface area contributed by atoms with Crippen LogP contribution in [-0.2, 0) is 10.9 Å².